The Labute approximate surface area is 118 Å². The lowest BCUT2D eigenvalue weighted by molar-refractivity contribution is 0.368. The van der Waals surface area contributed by atoms with E-state index in [1.165, 1.54) is 11.3 Å². The van der Waals surface area contributed by atoms with E-state index in [4.69, 9.17) is 10.00 Å². The Balaban J connectivity index is 1.99. The first-order valence-corrected chi connectivity index (χ1v) is 6.44. The molecular formula is C15H18N4O. The summed E-state index contributed by atoms with van der Waals surface area (Å²) in [7, 11) is 1.95. The van der Waals surface area contributed by atoms with E-state index in [-0.39, 0.29) is 6.61 Å². The lowest BCUT2D eigenvalue weighted by Gasteiger charge is -2.08. The molecule has 0 bridgehead atoms. The minimum atomic E-state index is 0.0703. The van der Waals surface area contributed by atoms with E-state index in [0.717, 1.165) is 17.9 Å². The number of rotatable bonds is 5. The third-order valence-corrected chi connectivity index (χ3v) is 3.29. The molecule has 1 heterocycles. The zero-order chi connectivity index (χ0) is 14.5. The number of aromatic nitrogens is 2. The molecule has 0 spiro atoms. The van der Waals surface area contributed by atoms with Crippen molar-refractivity contribution in [2.45, 2.75) is 20.4 Å². The van der Waals surface area contributed by atoms with Gasteiger partial charge in [0, 0.05) is 30.5 Å². The first-order chi connectivity index (χ1) is 9.61. The van der Waals surface area contributed by atoms with Crippen LogP contribution in [0.2, 0.25) is 0 Å². The van der Waals surface area contributed by atoms with Gasteiger partial charge in [-0.2, -0.15) is 10.4 Å². The van der Waals surface area contributed by atoms with Crippen LogP contribution in [0.25, 0.3) is 0 Å². The Morgan fingerprint density at radius 3 is 2.55 bits per heavy atom. The highest BCUT2D eigenvalue weighted by molar-refractivity contribution is 5.47. The van der Waals surface area contributed by atoms with Gasteiger partial charge in [0.1, 0.15) is 11.8 Å². The molecule has 0 amide bonds. The molecule has 0 fully saturated rings. The minimum Gasteiger partial charge on any atom is -0.479 e. The number of hydrogen-bond donors (Lipinski definition) is 1. The summed E-state index contributed by atoms with van der Waals surface area (Å²) in [5.74, 6) is 0.700. The maximum Gasteiger partial charge on any atom is 0.174 e. The molecule has 0 aliphatic rings. The molecule has 5 heteroatoms. The van der Waals surface area contributed by atoms with Crippen molar-refractivity contribution < 1.29 is 4.74 Å². The van der Waals surface area contributed by atoms with Gasteiger partial charge in [0.2, 0.25) is 0 Å². The standard InChI is InChI=1S/C15H18N4O/c1-11-15(12(2)19(3)18-11)10-17-13-4-6-14(7-5-13)20-9-8-16/h4-7,17H,9-10H2,1-3H3. The van der Waals surface area contributed by atoms with E-state index in [9.17, 15) is 0 Å². The molecule has 0 saturated heterocycles. The second-order valence-corrected chi connectivity index (χ2v) is 4.60. The van der Waals surface area contributed by atoms with Gasteiger partial charge in [-0.15, -0.1) is 0 Å². The molecule has 1 aromatic carbocycles. The van der Waals surface area contributed by atoms with Gasteiger partial charge in [-0.25, -0.2) is 0 Å². The quantitative estimate of drug-likeness (QED) is 0.907. The van der Waals surface area contributed by atoms with E-state index in [1.807, 2.05) is 49.0 Å². The van der Waals surface area contributed by atoms with Crippen molar-refractivity contribution in [3.63, 3.8) is 0 Å². The highest BCUT2D eigenvalue weighted by atomic mass is 16.5. The van der Waals surface area contributed by atoms with Crippen LogP contribution in [0.3, 0.4) is 0 Å². The van der Waals surface area contributed by atoms with Crippen LogP contribution in [-0.4, -0.2) is 16.4 Å². The largest absolute Gasteiger partial charge is 0.479 e. The van der Waals surface area contributed by atoms with Gasteiger partial charge in [-0.05, 0) is 38.1 Å². The molecular weight excluding hydrogens is 252 g/mol. The fourth-order valence-corrected chi connectivity index (χ4v) is 2.05. The van der Waals surface area contributed by atoms with E-state index < -0.39 is 0 Å². The average Bonchev–Trinajstić information content (AvgIpc) is 2.69. The predicted octanol–water partition coefficient (Wildman–Crippen LogP) is 2.55. The molecule has 0 unspecified atom stereocenters. The molecule has 0 aliphatic carbocycles. The summed E-state index contributed by atoms with van der Waals surface area (Å²) in [6.07, 6.45) is 0. The summed E-state index contributed by atoms with van der Waals surface area (Å²) in [6.45, 7) is 4.89. The van der Waals surface area contributed by atoms with Crippen molar-refractivity contribution in [3.05, 3.63) is 41.2 Å². The van der Waals surface area contributed by atoms with Crippen LogP contribution < -0.4 is 10.1 Å². The first kappa shape index (κ1) is 13.9. The molecule has 0 aliphatic heterocycles. The second kappa shape index (κ2) is 6.11. The lowest BCUT2D eigenvalue weighted by Crippen LogP contribution is -2.02. The van der Waals surface area contributed by atoms with Gasteiger partial charge >= 0.3 is 0 Å². The van der Waals surface area contributed by atoms with E-state index in [1.54, 1.807) is 0 Å². The Hall–Kier alpha value is -2.48. The summed E-state index contributed by atoms with van der Waals surface area (Å²) in [4.78, 5) is 0. The van der Waals surface area contributed by atoms with Gasteiger partial charge in [0.15, 0.2) is 6.61 Å². The van der Waals surface area contributed by atoms with E-state index >= 15 is 0 Å². The SMILES string of the molecule is Cc1nn(C)c(C)c1CNc1ccc(OCC#N)cc1. The van der Waals surface area contributed by atoms with Crippen LogP contribution in [0.15, 0.2) is 24.3 Å². The lowest BCUT2D eigenvalue weighted by atomic mass is 10.2. The Bertz CT molecular complexity index is 623. The molecule has 1 N–H and O–H groups in total. The second-order valence-electron chi connectivity index (χ2n) is 4.60. The third kappa shape index (κ3) is 3.09. The van der Waals surface area contributed by atoms with Crippen molar-refractivity contribution in [2.75, 3.05) is 11.9 Å². The summed E-state index contributed by atoms with van der Waals surface area (Å²) < 4.78 is 7.11. The van der Waals surface area contributed by atoms with Crippen LogP contribution in [0.1, 0.15) is 17.0 Å². The highest BCUT2D eigenvalue weighted by Gasteiger charge is 2.08. The Morgan fingerprint density at radius 1 is 1.30 bits per heavy atom. The molecule has 5 nitrogen and oxygen atoms in total. The molecule has 1 aromatic heterocycles. The zero-order valence-corrected chi connectivity index (χ0v) is 12.0. The van der Waals surface area contributed by atoms with Crippen LogP contribution in [0.4, 0.5) is 5.69 Å². The number of nitrogens with one attached hydrogen (secondary N) is 1. The van der Waals surface area contributed by atoms with Crippen LogP contribution >= 0.6 is 0 Å². The normalized spacial score (nSPS) is 10.1. The van der Waals surface area contributed by atoms with Gasteiger partial charge in [-0.3, -0.25) is 4.68 Å². The maximum atomic E-state index is 8.45. The summed E-state index contributed by atoms with van der Waals surface area (Å²) in [5.41, 5.74) is 4.45. The summed E-state index contributed by atoms with van der Waals surface area (Å²) in [6, 6.07) is 9.52. The van der Waals surface area contributed by atoms with Crippen LogP contribution in [0, 0.1) is 25.2 Å². The maximum absolute atomic E-state index is 8.45. The van der Waals surface area contributed by atoms with Crippen LogP contribution in [-0.2, 0) is 13.6 Å². The number of anilines is 1. The molecule has 2 aromatic rings. The van der Waals surface area contributed by atoms with Crippen molar-refractivity contribution in [1.29, 1.82) is 5.26 Å². The summed E-state index contributed by atoms with van der Waals surface area (Å²) >= 11 is 0. The van der Waals surface area contributed by atoms with E-state index in [2.05, 4.69) is 17.3 Å². The number of hydrogen-bond acceptors (Lipinski definition) is 4. The van der Waals surface area contributed by atoms with Gasteiger partial charge in [0.05, 0.1) is 5.69 Å². The van der Waals surface area contributed by atoms with Crippen molar-refractivity contribution in [1.82, 2.24) is 9.78 Å². The number of benzene rings is 1. The number of aryl methyl sites for hydroxylation is 2. The molecule has 0 atom stereocenters. The van der Waals surface area contributed by atoms with Gasteiger partial charge in [-0.1, -0.05) is 0 Å². The van der Waals surface area contributed by atoms with Gasteiger partial charge in [0.25, 0.3) is 0 Å². The minimum absolute atomic E-state index is 0.0703. The monoisotopic (exact) mass is 270 g/mol. The summed E-state index contributed by atoms with van der Waals surface area (Å²) in [5, 5.41) is 16.2. The fourth-order valence-electron chi connectivity index (χ4n) is 2.05. The van der Waals surface area contributed by atoms with E-state index in [0.29, 0.717) is 5.75 Å². The first-order valence-electron chi connectivity index (χ1n) is 6.44. The zero-order valence-electron chi connectivity index (χ0n) is 12.0. The van der Waals surface area contributed by atoms with Crippen molar-refractivity contribution >= 4 is 5.69 Å². The predicted molar refractivity (Wildman–Crippen MR) is 77.6 cm³/mol. The third-order valence-electron chi connectivity index (χ3n) is 3.29. The van der Waals surface area contributed by atoms with Crippen LogP contribution in [0.5, 0.6) is 5.75 Å². The molecule has 0 radical (unpaired) electrons. The topological polar surface area (TPSA) is 62.9 Å². The average molecular weight is 270 g/mol. The molecule has 0 saturated carbocycles. The molecule has 2 rings (SSSR count). The number of nitriles is 1. The van der Waals surface area contributed by atoms with Gasteiger partial charge < -0.3 is 10.1 Å². The number of ether oxygens (including phenoxy) is 1. The van der Waals surface area contributed by atoms with Crippen molar-refractivity contribution in [2.24, 2.45) is 7.05 Å². The smallest absolute Gasteiger partial charge is 0.174 e. The Kier molecular flexibility index (Phi) is 4.26. The fraction of sp³-hybridized carbons (Fsp3) is 0.333. The van der Waals surface area contributed by atoms with Crippen molar-refractivity contribution in [3.8, 4) is 11.8 Å². The molecule has 20 heavy (non-hydrogen) atoms. The highest BCUT2D eigenvalue weighted by Crippen LogP contribution is 2.18. The number of nitrogens with zero attached hydrogens (tertiary/aromatic N) is 3. The molecule has 104 valence electrons. The Morgan fingerprint density at radius 2 is 2.00 bits per heavy atom.